The van der Waals surface area contributed by atoms with E-state index in [4.69, 9.17) is 10.8 Å². The van der Waals surface area contributed by atoms with E-state index in [0.717, 1.165) is 11.3 Å². The number of thiophene rings is 1. The van der Waals surface area contributed by atoms with E-state index in [0.29, 0.717) is 0 Å². The first kappa shape index (κ1) is 14.5. The van der Waals surface area contributed by atoms with Crippen molar-refractivity contribution in [2.75, 3.05) is 10.6 Å². The molecule has 7 nitrogen and oxygen atoms in total. The number of carbonyl (C=O) groups excluding carboxylic acids is 2. The molecule has 5 N–H and O–H groups in total. The SMILES string of the molecule is NC(=O)c1ccccc1NC(=O)Nc1sccc1C(=O)O. The van der Waals surface area contributed by atoms with Gasteiger partial charge in [0.1, 0.15) is 5.00 Å². The summed E-state index contributed by atoms with van der Waals surface area (Å²) in [6, 6.07) is 6.98. The van der Waals surface area contributed by atoms with E-state index in [1.165, 1.54) is 18.2 Å². The number of anilines is 2. The molecular formula is C13H11N3O4S. The second-order valence-corrected chi connectivity index (χ2v) is 4.87. The summed E-state index contributed by atoms with van der Waals surface area (Å²) in [7, 11) is 0. The third-order valence-corrected chi connectivity index (χ3v) is 3.39. The van der Waals surface area contributed by atoms with Gasteiger partial charge >= 0.3 is 12.0 Å². The zero-order valence-corrected chi connectivity index (χ0v) is 11.4. The third kappa shape index (κ3) is 3.37. The first-order valence-electron chi connectivity index (χ1n) is 5.76. The van der Waals surface area contributed by atoms with Gasteiger partial charge in [0, 0.05) is 0 Å². The fourth-order valence-corrected chi connectivity index (χ4v) is 2.41. The van der Waals surface area contributed by atoms with E-state index in [1.807, 2.05) is 0 Å². The molecule has 21 heavy (non-hydrogen) atoms. The van der Waals surface area contributed by atoms with Crippen LogP contribution in [-0.2, 0) is 0 Å². The Morgan fingerprint density at radius 3 is 2.43 bits per heavy atom. The predicted octanol–water partition coefficient (Wildman–Crippen LogP) is 2.19. The molecular weight excluding hydrogens is 294 g/mol. The summed E-state index contributed by atoms with van der Waals surface area (Å²) < 4.78 is 0. The van der Waals surface area contributed by atoms with Crippen LogP contribution in [0.1, 0.15) is 20.7 Å². The molecule has 0 fully saturated rings. The van der Waals surface area contributed by atoms with Crippen LogP contribution >= 0.6 is 11.3 Å². The highest BCUT2D eigenvalue weighted by atomic mass is 32.1. The molecule has 2 rings (SSSR count). The molecule has 1 heterocycles. The Morgan fingerprint density at radius 2 is 1.76 bits per heavy atom. The van der Waals surface area contributed by atoms with Crippen molar-refractivity contribution in [1.82, 2.24) is 0 Å². The van der Waals surface area contributed by atoms with Crippen LogP contribution < -0.4 is 16.4 Å². The first-order valence-corrected chi connectivity index (χ1v) is 6.64. The van der Waals surface area contributed by atoms with Gasteiger partial charge in [0.25, 0.3) is 5.91 Å². The molecule has 0 unspecified atom stereocenters. The summed E-state index contributed by atoms with van der Waals surface area (Å²) in [6.07, 6.45) is 0. The van der Waals surface area contributed by atoms with Gasteiger partial charge in [-0.05, 0) is 23.6 Å². The largest absolute Gasteiger partial charge is 0.478 e. The minimum absolute atomic E-state index is 0.00154. The Balaban J connectivity index is 2.14. The number of nitrogens with one attached hydrogen (secondary N) is 2. The van der Waals surface area contributed by atoms with Gasteiger partial charge in [-0.25, -0.2) is 9.59 Å². The number of rotatable bonds is 4. The van der Waals surface area contributed by atoms with Crippen LogP contribution in [0, 0.1) is 0 Å². The molecule has 0 radical (unpaired) electrons. The highest BCUT2D eigenvalue weighted by Gasteiger charge is 2.15. The Hall–Kier alpha value is -2.87. The van der Waals surface area contributed by atoms with Crippen molar-refractivity contribution in [2.24, 2.45) is 5.73 Å². The number of carboxylic acid groups (broad SMARTS) is 1. The predicted molar refractivity (Wildman–Crippen MR) is 78.9 cm³/mol. The smallest absolute Gasteiger partial charge is 0.338 e. The van der Waals surface area contributed by atoms with E-state index < -0.39 is 17.9 Å². The quantitative estimate of drug-likeness (QED) is 0.691. The molecule has 0 bridgehead atoms. The highest BCUT2D eigenvalue weighted by Crippen LogP contribution is 2.23. The summed E-state index contributed by atoms with van der Waals surface area (Å²) in [5, 5.41) is 15.6. The highest BCUT2D eigenvalue weighted by molar-refractivity contribution is 7.14. The lowest BCUT2D eigenvalue weighted by atomic mass is 10.1. The minimum atomic E-state index is -1.14. The van der Waals surface area contributed by atoms with Crippen LogP contribution in [0.15, 0.2) is 35.7 Å². The van der Waals surface area contributed by atoms with Gasteiger partial charge in [0.05, 0.1) is 16.8 Å². The molecule has 0 aliphatic heterocycles. The molecule has 1 aromatic carbocycles. The summed E-state index contributed by atoms with van der Waals surface area (Å²) in [4.78, 5) is 34.0. The summed E-state index contributed by atoms with van der Waals surface area (Å²) >= 11 is 1.08. The number of carboxylic acids is 1. The standard InChI is InChI=1S/C13H11N3O4S/c14-10(17)7-3-1-2-4-9(7)15-13(20)16-11-8(12(18)19)5-6-21-11/h1-6H,(H2,14,17)(H,18,19)(H2,15,16,20). The summed E-state index contributed by atoms with van der Waals surface area (Å²) in [5.74, 6) is -1.81. The molecule has 3 amide bonds. The summed E-state index contributed by atoms with van der Waals surface area (Å²) in [6.45, 7) is 0. The average Bonchev–Trinajstić information content (AvgIpc) is 2.87. The second kappa shape index (κ2) is 6.06. The van der Waals surface area contributed by atoms with Crippen molar-refractivity contribution in [2.45, 2.75) is 0 Å². The topological polar surface area (TPSA) is 122 Å². The fourth-order valence-electron chi connectivity index (χ4n) is 1.64. The van der Waals surface area contributed by atoms with E-state index in [9.17, 15) is 14.4 Å². The van der Waals surface area contributed by atoms with Crippen molar-refractivity contribution < 1.29 is 19.5 Å². The van der Waals surface area contributed by atoms with Gasteiger partial charge in [0.2, 0.25) is 0 Å². The van der Waals surface area contributed by atoms with Crippen LogP contribution in [0.5, 0.6) is 0 Å². The Bertz CT molecular complexity index is 711. The molecule has 0 aliphatic carbocycles. The molecule has 0 atom stereocenters. The molecule has 0 aliphatic rings. The Kier molecular flexibility index (Phi) is 4.19. The maximum atomic E-state index is 11.9. The van der Waals surface area contributed by atoms with Gasteiger partial charge in [-0.3, -0.25) is 10.1 Å². The molecule has 1 aromatic heterocycles. The molecule has 0 saturated heterocycles. The van der Waals surface area contributed by atoms with Crippen molar-refractivity contribution in [3.63, 3.8) is 0 Å². The number of aromatic carboxylic acids is 1. The average molecular weight is 305 g/mol. The molecule has 0 spiro atoms. The number of hydrogen-bond donors (Lipinski definition) is 4. The number of para-hydroxylation sites is 1. The van der Waals surface area contributed by atoms with E-state index in [1.54, 1.807) is 17.5 Å². The number of nitrogens with two attached hydrogens (primary N) is 1. The second-order valence-electron chi connectivity index (χ2n) is 3.96. The van der Waals surface area contributed by atoms with Crippen LogP contribution in [0.2, 0.25) is 0 Å². The van der Waals surface area contributed by atoms with Crippen molar-refractivity contribution in [3.05, 3.63) is 46.8 Å². The Morgan fingerprint density at radius 1 is 1.05 bits per heavy atom. The first-order chi connectivity index (χ1) is 9.99. The number of urea groups is 1. The van der Waals surface area contributed by atoms with Gasteiger partial charge in [-0.2, -0.15) is 0 Å². The lowest BCUT2D eigenvalue weighted by Crippen LogP contribution is -2.22. The van der Waals surface area contributed by atoms with E-state index in [2.05, 4.69) is 10.6 Å². The lowest BCUT2D eigenvalue weighted by molar-refractivity contribution is 0.0698. The van der Waals surface area contributed by atoms with E-state index >= 15 is 0 Å². The van der Waals surface area contributed by atoms with Crippen molar-refractivity contribution >= 4 is 39.9 Å². The zero-order chi connectivity index (χ0) is 15.4. The van der Waals surface area contributed by atoms with Crippen molar-refractivity contribution in [3.8, 4) is 0 Å². The fraction of sp³-hybridized carbons (Fsp3) is 0. The maximum absolute atomic E-state index is 11.9. The van der Waals surface area contributed by atoms with Crippen molar-refractivity contribution in [1.29, 1.82) is 0 Å². The molecule has 8 heteroatoms. The van der Waals surface area contributed by atoms with E-state index in [-0.39, 0.29) is 21.8 Å². The number of amides is 3. The van der Waals surface area contributed by atoms with Gasteiger partial charge < -0.3 is 16.2 Å². The molecule has 0 saturated carbocycles. The van der Waals surface area contributed by atoms with Gasteiger partial charge in [-0.15, -0.1) is 11.3 Å². The molecule has 2 aromatic rings. The number of primary amides is 1. The van der Waals surface area contributed by atoms with Crippen LogP contribution in [0.3, 0.4) is 0 Å². The van der Waals surface area contributed by atoms with Gasteiger partial charge in [0.15, 0.2) is 0 Å². The summed E-state index contributed by atoms with van der Waals surface area (Å²) in [5.41, 5.74) is 5.61. The number of benzene rings is 1. The number of hydrogen-bond acceptors (Lipinski definition) is 4. The third-order valence-electron chi connectivity index (χ3n) is 2.56. The normalized spacial score (nSPS) is 9.90. The van der Waals surface area contributed by atoms with Gasteiger partial charge in [-0.1, -0.05) is 12.1 Å². The lowest BCUT2D eigenvalue weighted by Gasteiger charge is -2.09. The monoisotopic (exact) mass is 305 g/mol. The zero-order valence-electron chi connectivity index (χ0n) is 10.6. The van der Waals surface area contributed by atoms with Crippen LogP contribution in [0.4, 0.5) is 15.5 Å². The maximum Gasteiger partial charge on any atom is 0.338 e. The minimum Gasteiger partial charge on any atom is -0.478 e. The van der Waals surface area contributed by atoms with Crippen LogP contribution in [-0.4, -0.2) is 23.0 Å². The van der Waals surface area contributed by atoms with Crippen LogP contribution in [0.25, 0.3) is 0 Å². The number of carbonyl (C=O) groups is 3. The molecule has 108 valence electrons. The Labute approximate surface area is 123 Å².